The fourth-order valence-electron chi connectivity index (χ4n) is 2.64. The highest BCUT2D eigenvalue weighted by molar-refractivity contribution is 5.92. The van der Waals surface area contributed by atoms with E-state index in [0.29, 0.717) is 13.1 Å². The molecule has 2 aliphatic heterocycles. The Morgan fingerprint density at radius 3 is 2.61 bits per heavy atom. The Kier molecular flexibility index (Phi) is 2.40. The first-order valence-electron chi connectivity index (χ1n) is 6.48. The lowest BCUT2D eigenvalue weighted by Gasteiger charge is -2.51. The van der Waals surface area contributed by atoms with Crippen molar-refractivity contribution in [3.05, 3.63) is 11.5 Å². The van der Waals surface area contributed by atoms with Gasteiger partial charge in [0, 0.05) is 5.92 Å². The standard InChI is InChI=1S/C13H18N2O3/c1-8-9(2)18-13(12(17)14-8)6-15(7-13)11(16)10-4-3-5-10/h10H,3-7H2,1-2H3,(H,14,17). The van der Waals surface area contributed by atoms with Gasteiger partial charge in [0.25, 0.3) is 5.91 Å². The molecule has 2 amide bonds. The lowest BCUT2D eigenvalue weighted by atomic mass is 9.81. The first kappa shape index (κ1) is 11.6. The molecule has 3 aliphatic rings. The summed E-state index contributed by atoms with van der Waals surface area (Å²) >= 11 is 0. The number of likely N-dealkylation sites (tertiary alicyclic amines) is 1. The fourth-order valence-corrected chi connectivity index (χ4v) is 2.64. The molecule has 0 unspecified atom stereocenters. The second-order valence-electron chi connectivity index (χ2n) is 5.55. The predicted octanol–water partition coefficient (Wildman–Crippen LogP) is 0.765. The van der Waals surface area contributed by atoms with Crippen LogP contribution in [0.4, 0.5) is 0 Å². The number of hydrogen-bond acceptors (Lipinski definition) is 3. The number of rotatable bonds is 1. The summed E-state index contributed by atoms with van der Waals surface area (Å²) in [5, 5.41) is 2.82. The van der Waals surface area contributed by atoms with Crippen molar-refractivity contribution in [1.29, 1.82) is 0 Å². The third kappa shape index (κ3) is 1.53. The van der Waals surface area contributed by atoms with E-state index in [1.165, 1.54) is 0 Å². The van der Waals surface area contributed by atoms with Gasteiger partial charge in [-0.2, -0.15) is 0 Å². The van der Waals surface area contributed by atoms with Crippen molar-refractivity contribution in [2.45, 2.75) is 38.7 Å². The molecule has 0 aromatic carbocycles. The van der Waals surface area contributed by atoms with Crippen LogP contribution in [0.1, 0.15) is 33.1 Å². The Morgan fingerprint density at radius 1 is 1.39 bits per heavy atom. The van der Waals surface area contributed by atoms with Gasteiger partial charge in [0.05, 0.1) is 18.8 Å². The maximum Gasteiger partial charge on any atom is 0.272 e. The third-order valence-electron chi connectivity index (χ3n) is 4.25. The second kappa shape index (κ2) is 3.73. The van der Waals surface area contributed by atoms with Gasteiger partial charge >= 0.3 is 0 Å². The molecule has 0 aromatic rings. The van der Waals surface area contributed by atoms with Gasteiger partial charge in [-0.05, 0) is 26.7 Å². The Balaban J connectivity index is 1.67. The van der Waals surface area contributed by atoms with Crippen LogP contribution in [0.25, 0.3) is 0 Å². The van der Waals surface area contributed by atoms with Crippen molar-refractivity contribution in [3.63, 3.8) is 0 Å². The monoisotopic (exact) mass is 250 g/mol. The first-order chi connectivity index (χ1) is 8.52. The molecule has 3 rings (SSSR count). The van der Waals surface area contributed by atoms with Crippen LogP contribution < -0.4 is 5.32 Å². The summed E-state index contributed by atoms with van der Waals surface area (Å²) in [5.41, 5.74) is -0.0717. The molecule has 2 fully saturated rings. The number of ether oxygens (including phenoxy) is 1. The molecule has 0 aromatic heterocycles. The summed E-state index contributed by atoms with van der Waals surface area (Å²) in [7, 11) is 0. The molecular formula is C13H18N2O3. The molecule has 1 saturated heterocycles. The molecule has 18 heavy (non-hydrogen) atoms. The Hall–Kier alpha value is -1.52. The quantitative estimate of drug-likeness (QED) is 0.747. The molecule has 1 spiro atoms. The highest BCUT2D eigenvalue weighted by Crippen LogP contribution is 2.36. The normalized spacial score (nSPS) is 26.3. The highest BCUT2D eigenvalue weighted by Gasteiger charge is 2.56. The molecule has 0 bridgehead atoms. The summed E-state index contributed by atoms with van der Waals surface area (Å²) in [6.45, 7) is 4.43. The number of nitrogens with one attached hydrogen (secondary N) is 1. The van der Waals surface area contributed by atoms with Gasteiger partial charge < -0.3 is 15.0 Å². The minimum absolute atomic E-state index is 0.122. The second-order valence-corrected chi connectivity index (χ2v) is 5.55. The zero-order valence-electron chi connectivity index (χ0n) is 10.8. The van der Waals surface area contributed by atoms with Crippen LogP contribution in [0.15, 0.2) is 11.5 Å². The van der Waals surface area contributed by atoms with Crippen molar-refractivity contribution in [2.75, 3.05) is 13.1 Å². The van der Waals surface area contributed by atoms with E-state index >= 15 is 0 Å². The van der Waals surface area contributed by atoms with Crippen LogP contribution in [0.3, 0.4) is 0 Å². The van der Waals surface area contributed by atoms with Crippen LogP contribution in [0.2, 0.25) is 0 Å². The van der Waals surface area contributed by atoms with Crippen LogP contribution in [0.5, 0.6) is 0 Å². The molecular weight excluding hydrogens is 232 g/mol. The number of hydrogen-bond donors (Lipinski definition) is 1. The van der Waals surface area contributed by atoms with Crippen LogP contribution >= 0.6 is 0 Å². The molecule has 1 saturated carbocycles. The van der Waals surface area contributed by atoms with Crippen LogP contribution in [0, 0.1) is 5.92 Å². The van der Waals surface area contributed by atoms with Crippen molar-refractivity contribution >= 4 is 11.8 Å². The van der Waals surface area contributed by atoms with Gasteiger partial charge in [-0.25, -0.2) is 0 Å². The molecule has 0 atom stereocenters. The first-order valence-corrected chi connectivity index (χ1v) is 6.48. The van der Waals surface area contributed by atoms with E-state index in [9.17, 15) is 9.59 Å². The number of amides is 2. The van der Waals surface area contributed by atoms with Gasteiger partial charge in [-0.15, -0.1) is 0 Å². The zero-order chi connectivity index (χ0) is 12.9. The highest BCUT2D eigenvalue weighted by atomic mass is 16.5. The molecule has 2 heterocycles. The molecule has 0 radical (unpaired) electrons. The van der Waals surface area contributed by atoms with E-state index in [1.807, 2.05) is 13.8 Å². The van der Waals surface area contributed by atoms with E-state index in [4.69, 9.17) is 4.74 Å². The SMILES string of the molecule is CC1=C(C)OC2(CN(C(=O)C3CCC3)C2)C(=O)N1. The number of nitrogens with zero attached hydrogens (tertiary/aromatic N) is 1. The molecule has 98 valence electrons. The van der Waals surface area contributed by atoms with Gasteiger partial charge in [0.1, 0.15) is 5.76 Å². The maximum atomic E-state index is 12.0. The maximum absolute atomic E-state index is 12.0. The number of carbonyl (C=O) groups is 2. The van der Waals surface area contributed by atoms with Gasteiger partial charge in [-0.1, -0.05) is 6.42 Å². The summed E-state index contributed by atoms with van der Waals surface area (Å²) in [5.74, 6) is 0.994. The van der Waals surface area contributed by atoms with Gasteiger partial charge in [0.2, 0.25) is 11.5 Å². The Bertz CT molecular complexity index is 445. The average molecular weight is 250 g/mol. The Morgan fingerprint density at radius 2 is 2.06 bits per heavy atom. The van der Waals surface area contributed by atoms with E-state index in [2.05, 4.69) is 5.32 Å². The lowest BCUT2D eigenvalue weighted by Crippen LogP contribution is -2.72. The van der Waals surface area contributed by atoms with E-state index in [1.54, 1.807) is 4.90 Å². The molecule has 5 nitrogen and oxygen atoms in total. The minimum atomic E-state index is -0.830. The van der Waals surface area contributed by atoms with E-state index < -0.39 is 5.60 Å². The average Bonchev–Trinajstić information content (AvgIpc) is 2.17. The van der Waals surface area contributed by atoms with Gasteiger partial charge in [-0.3, -0.25) is 9.59 Å². The van der Waals surface area contributed by atoms with E-state index in [0.717, 1.165) is 30.7 Å². The summed E-state index contributed by atoms with van der Waals surface area (Å²) in [4.78, 5) is 25.7. The number of allylic oxidation sites excluding steroid dienone is 2. The molecule has 1 aliphatic carbocycles. The van der Waals surface area contributed by atoms with Crippen molar-refractivity contribution < 1.29 is 14.3 Å². The molecule has 1 N–H and O–H groups in total. The van der Waals surface area contributed by atoms with Crippen molar-refractivity contribution in [1.82, 2.24) is 10.2 Å². The van der Waals surface area contributed by atoms with Crippen molar-refractivity contribution in [3.8, 4) is 0 Å². The van der Waals surface area contributed by atoms with Crippen molar-refractivity contribution in [2.24, 2.45) is 5.92 Å². The fraction of sp³-hybridized carbons (Fsp3) is 0.692. The minimum Gasteiger partial charge on any atom is -0.476 e. The molecule has 5 heteroatoms. The lowest BCUT2D eigenvalue weighted by molar-refractivity contribution is -0.178. The Labute approximate surface area is 106 Å². The van der Waals surface area contributed by atoms with E-state index in [-0.39, 0.29) is 17.7 Å². The van der Waals surface area contributed by atoms with Crippen LogP contribution in [-0.4, -0.2) is 35.4 Å². The summed E-state index contributed by atoms with van der Waals surface area (Å²) < 4.78 is 5.72. The summed E-state index contributed by atoms with van der Waals surface area (Å²) in [6, 6.07) is 0. The topological polar surface area (TPSA) is 58.6 Å². The largest absolute Gasteiger partial charge is 0.476 e. The van der Waals surface area contributed by atoms with Crippen LogP contribution in [-0.2, 0) is 14.3 Å². The zero-order valence-corrected chi connectivity index (χ0v) is 10.8. The number of carbonyl (C=O) groups excluding carboxylic acids is 2. The third-order valence-corrected chi connectivity index (χ3v) is 4.25. The van der Waals surface area contributed by atoms with Gasteiger partial charge in [0.15, 0.2) is 0 Å². The summed E-state index contributed by atoms with van der Waals surface area (Å²) in [6.07, 6.45) is 3.13. The predicted molar refractivity (Wildman–Crippen MR) is 64.3 cm³/mol. The smallest absolute Gasteiger partial charge is 0.272 e.